The van der Waals surface area contributed by atoms with Crippen molar-refractivity contribution in [3.8, 4) is 0 Å². The number of carboxylic acids is 1. The van der Waals surface area contributed by atoms with Crippen molar-refractivity contribution < 1.29 is 45.5 Å². The lowest BCUT2D eigenvalue weighted by Crippen LogP contribution is -2.43. The first kappa shape index (κ1) is 22.9. The fourth-order valence-electron chi connectivity index (χ4n) is 3.17. The minimum absolute atomic E-state index is 0.00800. The Hall–Kier alpha value is -2.82. The van der Waals surface area contributed by atoms with Gasteiger partial charge in [0.05, 0.1) is 21.9 Å². The summed E-state index contributed by atoms with van der Waals surface area (Å²) in [6.07, 6.45) is -11.6. The standard InChI is InChI=1S/C19H11ClF7NO3/c1-8-4-9(2-3-11(8)16(29)30)14-7-17(31-28-14,19(25,26)27)10-5-12(18(22,23)24)15(21)13(20)6-10/h2-6H,7H2,1H3,(H,29,30). The maximum absolute atomic E-state index is 14.0. The van der Waals surface area contributed by atoms with E-state index in [1.54, 1.807) is 0 Å². The molecule has 0 spiro atoms. The van der Waals surface area contributed by atoms with Gasteiger partial charge in [-0.2, -0.15) is 26.3 Å². The Kier molecular flexibility index (Phi) is 5.45. The first-order valence-corrected chi connectivity index (χ1v) is 8.78. The molecule has 0 bridgehead atoms. The molecule has 1 unspecified atom stereocenters. The normalized spacial score (nSPS) is 19.2. The van der Waals surface area contributed by atoms with Crippen LogP contribution in [0.25, 0.3) is 0 Å². The summed E-state index contributed by atoms with van der Waals surface area (Å²) in [6, 6.07) is 4.02. The first-order valence-electron chi connectivity index (χ1n) is 8.40. The molecule has 2 aromatic rings. The summed E-state index contributed by atoms with van der Waals surface area (Å²) in [5.41, 5.74) is -6.47. The molecule has 31 heavy (non-hydrogen) atoms. The van der Waals surface area contributed by atoms with Crippen molar-refractivity contribution in [3.63, 3.8) is 0 Å². The second-order valence-electron chi connectivity index (χ2n) is 6.78. The summed E-state index contributed by atoms with van der Waals surface area (Å²) in [4.78, 5) is 15.7. The third-order valence-corrected chi connectivity index (χ3v) is 5.05. The highest BCUT2D eigenvalue weighted by atomic mass is 35.5. The van der Waals surface area contributed by atoms with Crippen LogP contribution in [0.4, 0.5) is 30.7 Å². The molecule has 2 aromatic carbocycles. The molecule has 0 saturated heterocycles. The number of aryl methyl sites for hydroxylation is 1. The minimum Gasteiger partial charge on any atom is -0.478 e. The third-order valence-electron chi connectivity index (χ3n) is 4.78. The number of nitrogens with zero attached hydrogens (tertiary/aromatic N) is 1. The SMILES string of the molecule is Cc1cc(C2=NOC(c3cc(Cl)c(F)c(C(F)(F)F)c3)(C(F)(F)F)C2)ccc1C(=O)O. The Morgan fingerprint density at radius 2 is 1.81 bits per heavy atom. The zero-order valence-corrected chi connectivity index (χ0v) is 16.1. The smallest absolute Gasteiger partial charge is 0.435 e. The highest BCUT2D eigenvalue weighted by molar-refractivity contribution is 6.30. The molecule has 166 valence electrons. The Morgan fingerprint density at radius 3 is 2.32 bits per heavy atom. The van der Waals surface area contributed by atoms with E-state index in [4.69, 9.17) is 16.7 Å². The molecule has 0 aromatic heterocycles. The lowest BCUT2D eigenvalue weighted by molar-refractivity contribution is -0.276. The van der Waals surface area contributed by atoms with Gasteiger partial charge in [0.2, 0.25) is 0 Å². The van der Waals surface area contributed by atoms with E-state index >= 15 is 0 Å². The van der Waals surface area contributed by atoms with Gasteiger partial charge in [-0.15, -0.1) is 0 Å². The number of halogens is 8. The number of alkyl halides is 6. The van der Waals surface area contributed by atoms with Crippen LogP contribution < -0.4 is 0 Å². The minimum atomic E-state index is -5.30. The van der Waals surface area contributed by atoms with E-state index in [0.29, 0.717) is 6.07 Å². The zero-order valence-electron chi connectivity index (χ0n) is 15.3. The summed E-state index contributed by atoms with van der Waals surface area (Å²) < 4.78 is 95.2. The van der Waals surface area contributed by atoms with Crippen LogP contribution in [-0.2, 0) is 16.6 Å². The first-order chi connectivity index (χ1) is 14.2. The number of rotatable bonds is 3. The highest BCUT2D eigenvalue weighted by Gasteiger charge is 2.63. The van der Waals surface area contributed by atoms with Crippen LogP contribution >= 0.6 is 11.6 Å². The molecule has 0 radical (unpaired) electrons. The monoisotopic (exact) mass is 469 g/mol. The molecule has 3 rings (SSSR count). The molecule has 0 aliphatic carbocycles. The van der Waals surface area contributed by atoms with Crippen molar-refractivity contribution in [2.75, 3.05) is 0 Å². The number of hydrogen-bond donors (Lipinski definition) is 1. The predicted molar refractivity (Wildman–Crippen MR) is 94.5 cm³/mol. The van der Waals surface area contributed by atoms with Gasteiger partial charge in [-0.1, -0.05) is 22.8 Å². The molecule has 1 aliphatic heterocycles. The Labute approximate surface area is 174 Å². The molecule has 4 nitrogen and oxygen atoms in total. The number of carbonyl (C=O) groups is 1. The fraction of sp³-hybridized carbons (Fsp3) is 0.263. The molecule has 0 fully saturated rings. The number of hydrogen-bond acceptors (Lipinski definition) is 3. The molecule has 1 atom stereocenters. The number of benzene rings is 2. The van der Waals surface area contributed by atoms with Crippen LogP contribution in [0.1, 0.15) is 39.0 Å². The highest BCUT2D eigenvalue weighted by Crippen LogP contribution is 2.50. The number of aromatic carboxylic acids is 1. The maximum Gasteiger partial charge on any atom is 0.435 e. The third kappa shape index (κ3) is 3.93. The van der Waals surface area contributed by atoms with Gasteiger partial charge in [-0.3, -0.25) is 0 Å². The van der Waals surface area contributed by atoms with Crippen molar-refractivity contribution in [2.45, 2.75) is 31.3 Å². The van der Waals surface area contributed by atoms with E-state index in [2.05, 4.69) is 9.99 Å². The second-order valence-corrected chi connectivity index (χ2v) is 7.19. The Bertz CT molecular complexity index is 1100. The van der Waals surface area contributed by atoms with Gasteiger partial charge in [-0.05, 0) is 42.3 Å². The summed E-state index contributed by atoms with van der Waals surface area (Å²) in [5, 5.41) is 11.3. The lowest BCUT2D eigenvalue weighted by Gasteiger charge is -2.30. The van der Waals surface area contributed by atoms with Crippen molar-refractivity contribution in [2.24, 2.45) is 5.16 Å². The molecular formula is C19H11ClF7NO3. The van der Waals surface area contributed by atoms with Gasteiger partial charge in [0.15, 0.2) is 5.82 Å². The van der Waals surface area contributed by atoms with Crippen molar-refractivity contribution in [1.29, 1.82) is 0 Å². The molecule has 1 heterocycles. The Morgan fingerprint density at radius 1 is 1.16 bits per heavy atom. The molecule has 0 saturated carbocycles. The van der Waals surface area contributed by atoms with E-state index in [9.17, 15) is 35.5 Å². The van der Waals surface area contributed by atoms with Crippen LogP contribution in [0.2, 0.25) is 5.02 Å². The Balaban J connectivity index is 2.10. The second kappa shape index (κ2) is 7.40. The molecular weight excluding hydrogens is 459 g/mol. The summed E-state index contributed by atoms with van der Waals surface area (Å²) in [6.45, 7) is 1.41. The van der Waals surface area contributed by atoms with Gasteiger partial charge in [0.25, 0.3) is 5.60 Å². The van der Waals surface area contributed by atoms with E-state index in [0.717, 1.165) is 6.07 Å². The topological polar surface area (TPSA) is 58.9 Å². The average molecular weight is 470 g/mol. The van der Waals surface area contributed by atoms with E-state index in [1.165, 1.54) is 19.1 Å². The maximum atomic E-state index is 14.0. The van der Waals surface area contributed by atoms with E-state index < -0.39 is 52.3 Å². The average Bonchev–Trinajstić information content (AvgIpc) is 3.09. The molecule has 1 N–H and O–H groups in total. The van der Waals surface area contributed by atoms with E-state index in [-0.39, 0.29) is 28.5 Å². The van der Waals surface area contributed by atoms with Crippen LogP contribution in [0, 0.1) is 12.7 Å². The van der Waals surface area contributed by atoms with Gasteiger partial charge in [0.1, 0.15) is 0 Å². The van der Waals surface area contributed by atoms with Crippen molar-refractivity contribution in [3.05, 3.63) is 69.0 Å². The largest absolute Gasteiger partial charge is 0.478 e. The predicted octanol–water partition coefficient (Wildman–Crippen LogP) is 6.09. The number of carboxylic acid groups (broad SMARTS) is 1. The van der Waals surface area contributed by atoms with Crippen LogP contribution in [-0.4, -0.2) is 23.0 Å². The number of oxime groups is 1. The van der Waals surface area contributed by atoms with Gasteiger partial charge in [0, 0.05) is 12.0 Å². The van der Waals surface area contributed by atoms with Gasteiger partial charge < -0.3 is 9.94 Å². The summed E-state index contributed by atoms with van der Waals surface area (Å²) in [5.74, 6) is -3.16. The molecule has 1 aliphatic rings. The quantitative estimate of drug-likeness (QED) is 0.554. The van der Waals surface area contributed by atoms with Crippen molar-refractivity contribution >= 4 is 23.3 Å². The summed E-state index contributed by atoms with van der Waals surface area (Å²) in [7, 11) is 0. The van der Waals surface area contributed by atoms with E-state index in [1.807, 2.05) is 0 Å². The van der Waals surface area contributed by atoms with Crippen LogP contribution in [0.5, 0.6) is 0 Å². The summed E-state index contributed by atoms with van der Waals surface area (Å²) >= 11 is 5.45. The van der Waals surface area contributed by atoms with Gasteiger partial charge >= 0.3 is 18.3 Å². The van der Waals surface area contributed by atoms with Crippen molar-refractivity contribution in [1.82, 2.24) is 0 Å². The lowest BCUT2D eigenvalue weighted by atomic mass is 9.85. The fourth-order valence-corrected chi connectivity index (χ4v) is 3.39. The molecule has 0 amide bonds. The molecule has 12 heteroatoms. The zero-order chi connectivity index (χ0) is 23.4. The van der Waals surface area contributed by atoms with Crippen LogP contribution in [0.15, 0.2) is 35.5 Å². The van der Waals surface area contributed by atoms with Crippen LogP contribution in [0.3, 0.4) is 0 Å². The van der Waals surface area contributed by atoms with Gasteiger partial charge in [-0.25, -0.2) is 9.18 Å².